The summed E-state index contributed by atoms with van der Waals surface area (Å²) >= 11 is 0. The van der Waals surface area contributed by atoms with Crippen molar-refractivity contribution >= 4 is 22.1 Å². The molecular formula is C21H21NO8S. The van der Waals surface area contributed by atoms with Crippen LogP contribution in [0.25, 0.3) is 6.08 Å². The van der Waals surface area contributed by atoms with Gasteiger partial charge in [-0.3, -0.25) is 0 Å². The van der Waals surface area contributed by atoms with E-state index >= 15 is 0 Å². The van der Waals surface area contributed by atoms with Crippen LogP contribution in [-0.4, -0.2) is 58.9 Å². The average molecular weight is 447 g/mol. The standard InChI is InChI=1S/C21H21NO8S/c1-26-18-5-2-15(12-20(18)31(24,25)22-8-10-27-11-9-22)3-7-21(23)30-16-4-6-17-19(13-16)29-14-28-17/h2-7,12-13H,8-11,14H2,1H3. The molecule has 10 heteroatoms. The fourth-order valence-electron chi connectivity index (χ4n) is 3.18. The highest BCUT2D eigenvalue weighted by atomic mass is 32.2. The molecule has 9 nitrogen and oxygen atoms in total. The first-order valence-electron chi connectivity index (χ1n) is 9.53. The second-order valence-electron chi connectivity index (χ2n) is 6.70. The maximum atomic E-state index is 13.0. The highest BCUT2D eigenvalue weighted by Gasteiger charge is 2.29. The molecule has 1 saturated heterocycles. The van der Waals surface area contributed by atoms with Crippen LogP contribution < -0.4 is 18.9 Å². The smallest absolute Gasteiger partial charge is 0.336 e. The average Bonchev–Trinajstić information content (AvgIpc) is 3.26. The van der Waals surface area contributed by atoms with Gasteiger partial charge in [0.1, 0.15) is 16.4 Å². The van der Waals surface area contributed by atoms with Crippen molar-refractivity contribution in [1.82, 2.24) is 4.31 Å². The van der Waals surface area contributed by atoms with Gasteiger partial charge in [0.05, 0.1) is 20.3 Å². The zero-order chi connectivity index (χ0) is 21.8. The molecular weight excluding hydrogens is 426 g/mol. The third kappa shape index (κ3) is 4.66. The van der Waals surface area contributed by atoms with E-state index in [0.29, 0.717) is 36.0 Å². The van der Waals surface area contributed by atoms with Crippen LogP contribution in [-0.2, 0) is 19.6 Å². The van der Waals surface area contributed by atoms with E-state index in [0.717, 1.165) is 0 Å². The molecule has 0 saturated carbocycles. The van der Waals surface area contributed by atoms with Crippen LogP contribution in [0.4, 0.5) is 0 Å². The van der Waals surface area contributed by atoms with Crippen LogP contribution in [0.3, 0.4) is 0 Å². The van der Waals surface area contributed by atoms with Crippen LogP contribution in [0.5, 0.6) is 23.0 Å². The van der Waals surface area contributed by atoms with Gasteiger partial charge >= 0.3 is 5.97 Å². The highest BCUT2D eigenvalue weighted by Crippen LogP contribution is 2.35. The number of fused-ring (bicyclic) bond motifs is 1. The third-order valence-corrected chi connectivity index (χ3v) is 6.67. The monoisotopic (exact) mass is 447 g/mol. The number of hydrogen-bond acceptors (Lipinski definition) is 8. The molecule has 2 aliphatic heterocycles. The number of methoxy groups -OCH3 is 1. The van der Waals surface area contributed by atoms with Gasteiger partial charge in [0.15, 0.2) is 11.5 Å². The summed E-state index contributed by atoms with van der Waals surface area (Å²) in [4.78, 5) is 12.2. The second kappa shape index (κ2) is 8.96. The first kappa shape index (κ1) is 21.2. The van der Waals surface area contributed by atoms with Crippen LogP contribution in [0.1, 0.15) is 5.56 Å². The number of benzene rings is 2. The minimum atomic E-state index is -3.77. The molecule has 0 aromatic heterocycles. The lowest BCUT2D eigenvalue weighted by molar-refractivity contribution is -0.128. The number of sulfonamides is 1. The number of carbonyl (C=O) groups excluding carboxylic acids is 1. The minimum absolute atomic E-state index is 0.0307. The molecule has 164 valence electrons. The van der Waals surface area contributed by atoms with Crippen molar-refractivity contribution in [2.45, 2.75) is 4.90 Å². The summed E-state index contributed by atoms with van der Waals surface area (Å²) in [6.07, 6.45) is 2.70. The molecule has 0 unspecified atom stereocenters. The molecule has 0 aliphatic carbocycles. The zero-order valence-corrected chi connectivity index (χ0v) is 17.6. The number of carbonyl (C=O) groups is 1. The Balaban J connectivity index is 1.51. The van der Waals surface area contributed by atoms with Crippen LogP contribution >= 0.6 is 0 Å². The summed E-state index contributed by atoms with van der Waals surface area (Å²) < 4.78 is 53.7. The number of rotatable bonds is 6. The van der Waals surface area contributed by atoms with Crippen molar-refractivity contribution in [2.24, 2.45) is 0 Å². The van der Waals surface area contributed by atoms with E-state index in [1.54, 1.807) is 30.3 Å². The zero-order valence-electron chi connectivity index (χ0n) is 16.8. The summed E-state index contributed by atoms with van der Waals surface area (Å²) in [5.41, 5.74) is 0.510. The lowest BCUT2D eigenvalue weighted by atomic mass is 10.2. The lowest BCUT2D eigenvalue weighted by Gasteiger charge is -2.26. The van der Waals surface area contributed by atoms with E-state index in [-0.39, 0.29) is 30.5 Å². The van der Waals surface area contributed by atoms with Gasteiger partial charge in [-0.1, -0.05) is 6.07 Å². The molecule has 31 heavy (non-hydrogen) atoms. The Hall–Kier alpha value is -3.08. The SMILES string of the molecule is COc1ccc(C=CC(=O)Oc2ccc3c(c2)OCO3)cc1S(=O)(=O)N1CCOCC1. The van der Waals surface area contributed by atoms with Crippen molar-refractivity contribution in [2.75, 3.05) is 40.2 Å². The van der Waals surface area contributed by atoms with Crippen molar-refractivity contribution in [3.63, 3.8) is 0 Å². The van der Waals surface area contributed by atoms with Gasteiger partial charge in [-0.2, -0.15) is 4.31 Å². The van der Waals surface area contributed by atoms with Gasteiger partial charge in [0, 0.05) is 25.2 Å². The quantitative estimate of drug-likeness (QED) is 0.377. The topological polar surface area (TPSA) is 101 Å². The molecule has 0 radical (unpaired) electrons. The Kier molecular flexibility index (Phi) is 6.12. The van der Waals surface area contributed by atoms with Crippen molar-refractivity contribution < 1.29 is 36.9 Å². The van der Waals surface area contributed by atoms with E-state index in [4.69, 9.17) is 23.7 Å². The fourth-order valence-corrected chi connectivity index (χ4v) is 4.78. The van der Waals surface area contributed by atoms with Crippen LogP contribution in [0.15, 0.2) is 47.4 Å². The van der Waals surface area contributed by atoms with Gasteiger partial charge in [-0.15, -0.1) is 0 Å². The summed E-state index contributed by atoms with van der Waals surface area (Å²) in [6, 6.07) is 9.49. The van der Waals surface area contributed by atoms with Gasteiger partial charge in [-0.25, -0.2) is 13.2 Å². The van der Waals surface area contributed by atoms with E-state index in [9.17, 15) is 13.2 Å². The molecule has 0 N–H and O–H groups in total. The predicted molar refractivity (Wildman–Crippen MR) is 110 cm³/mol. The number of morpholine rings is 1. The molecule has 0 spiro atoms. The van der Waals surface area contributed by atoms with Gasteiger partial charge in [0.2, 0.25) is 16.8 Å². The fraction of sp³-hybridized carbons (Fsp3) is 0.286. The molecule has 2 aromatic rings. The molecule has 0 atom stereocenters. The summed E-state index contributed by atoms with van der Waals surface area (Å²) in [5.74, 6) is 1.01. The molecule has 0 bridgehead atoms. The van der Waals surface area contributed by atoms with Crippen molar-refractivity contribution in [3.05, 3.63) is 48.0 Å². The maximum absolute atomic E-state index is 13.0. The van der Waals surface area contributed by atoms with Crippen LogP contribution in [0, 0.1) is 0 Å². The molecule has 1 fully saturated rings. The van der Waals surface area contributed by atoms with Gasteiger partial charge in [-0.05, 0) is 35.9 Å². The van der Waals surface area contributed by atoms with E-state index in [1.807, 2.05) is 0 Å². The van der Waals surface area contributed by atoms with Crippen molar-refractivity contribution in [1.29, 1.82) is 0 Å². The molecule has 2 aromatic carbocycles. The lowest BCUT2D eigenvalue weighted by Crippen LogP contribution is -2.40. The number of ether oxygens (including phenoxy) is 5. The Morgan fingerprint density at radius 2 is 1.84 bits per heavy atom. The van der Waals surface area contributed by atoms with Crippen molar-refractivity contribution in [3.8, 4) is 23.0 Å². The Morgan fingerprint density at radius 3 is 2.61 bits per heavy atom. The molecule has 2 heterocycles. The summed E-state index contributed by atoms with van der Waals surface area (Å²) in [5, 5.41) is 0. The largest absolute Gasteiger partial charge is 0.495 e. The number of esters is 1. The first-order chi connectivity index (χ1) is 15.0. The normalized spacial score (nSPS) is 16.4. The summed E-state index contributed by atoms with van der Waals surface area (Å²) in [6.45, 7) is 1.35. The first-order valence-corrected chi connectivity index (χ1v) is 11.0. The Morgan fingerprint density at radius 1 is 1.06 bits per heavy atom. The van der Waals surface area contributed by atoms with Gasteiger partial charge < -0.3 is 23.7 Å². The third-order valence-electron chi connectivity index (χ3n) is 4.75. The van der Waals surface area contributed by atoms with E-state index in [1.165, 1.54) is 29.6 Å². The van der Waals surface area contributed by atoms with Gasteiger partial charge in [0.25, 0.3) is 0 Å². The maximum Gasteiger partial charge on any atom is 0.336 e. The highest BCUT2D eigenvalue weighted by molar-refractivity contribution is 7.89. The molecule has 4 rings (SSSR count). The van der Waals surface area contributed by atoms with Crippen LogP contribution in [0.2, 0.25) is 0 Å². The number of nitrogens with zero attached hydrogens (tertiary/aromatic N) is 1. The Bertz CT molecular complexity index is 1110. The molecule has 2 aliphatic rings. The van der Waals surface area contributed by atoms with E-state index in [2.05, 4.69) is 0 Å². The number of hydrogen-bond donors (Lipinski definition) is 0. The minimum Gasteiger partial charge on any atom is -0.495 e. The van der Waals surface area contributed by atoms with E-state index < -0.39 is 16.0 Å². The predicted octanol–water partition coefficient (Wildman–Crippen LogP) is 2.06. The second-order valence-corrected chi connectivity index (χ2v) is 8.60. The summed E-state index contributed by atoms with van der Waals surface area (Å²) in [7, 11) is -2.36. The Labute approximate surface area is 179 Å². The molecule has 0 amide bonds.